The fourth-order valence-electron chi connectivity index (χ4n) is 4.84. The van der Waals surface area contributed by atoms with Gasteiger partial charge in [0.2, 0.25) is 0 Å². The van der Waals surface area contributed by atoms with Gasteiger partial charge in [-0.3, -0.25) is 10.3 Å². The van der Waals surface area contributed by atoms with Crippen molar-refractivity contribution in [2.45, 2.75) is 26.7 Å². The van der Waals surface area contributed by atoms with Crippen molar-refractivity contribution in [3.05, 3.63) is 53.0 Å². The van der Waals surface area contributed by atoms with Crippen LogP contribution in [-0.4, -0.2) is 89.2 Å². The molecule has 0 radical (unpaired) electrons. The molecular weight excluding hydrogens is 452 g/mol. The quantitative estimate of drug-likeness (QED) is 0.425. The first-order valence-corrected chi connectivity index (χ1v) is 12.7. The van der Waals surface area contributed by atoms with Crippen molar-refractivity contribution in [3.63, 3.8) is 0 Å². The third kappa shape index (κ3) is 4.81. The van der Waals surface area contributed by atoms with Crippen molar-refractivity contribution in [2.75, 3.05) is 58.7 Å². The van der Waals surface area contributed by atoms with Gasteiger partial charge in [0.05, 0.1) is 22.6 Å². The van der Waals surface area contributed by atoms with E-state index in [1.807, 2.05) is 62.9 Å². The van der Waals surface area contributed by atoms with Gasteiger partial charge in [0.15, 0.2) is 5.82 Å². The second-order valence-corrected chi connectivity index (χ2v) is 9.86. The summed E-state index contributed by atoms with van der Waals surface area (Å²) in [4.78, 5) is 13.0. The molecule has 9 heteroatoms. The molecule has 0 saturated carbocycles. The van der Waals surface area contributed by atoms with E-state index in [1.54, 1.807) is 0 Å². The molecular formula is C27H36N8O. The highest BCUT2D eigenvalue weighted by Crippen LogP contribution is 2.34. The summed E-state index contributed by atoms with van der Waals surface area (Å²) in [6, 6.07) is 5.94. The normalized spacial score (nSPS) is 17.3. The van der Waals surface area contributed by atoms with E-state index in [0.29, 0.717) is 23.8 Å². The number of likely N-dealkylation sites (N-methyl/N-ethyl adjacent to an activating group) is 1. The van der Waals surface area contributed by atoms with Crippen LogP contribution in [0.15, 0.2) is 35.5 Å². The summed E-state index contributed by atoms with van der Waals surface area (Å²) < 4.78 is 8.15. The van der Waals surface area contributed by atoms with E-state index in [1.165, 1.54) is 12.8 Å². The monoisotopic (exact) mass is 488 g/mol. The van der Waals surface area contributed by atoms with Crippen LogP contribution in [0, 0.1) is 19.3 Å². The highest BCUT2D eigenvalue weighted by Gasteiger charge is 2.28. The molecule has 3 aromatic heterocycles. The van der Waals surface area contributed by atoms with Crippen LogP contribution >= 0.6 is 0 Å². The summed E-state index contributed by atoms with van der Waals surface area (Å²) in [5, 5.41) is 17.2. The lowest BCUT2D eigenvalue weighted by atomic mass is 9.95. The number of nitrogens with one attached hydrogen (secondary N) is 3. The summed E-state index contributed by atoms with van der Waals surface area (Å²) in [6.45, 7) is 9.51. The minimum atomic E-state index is 0.397. The van der Waals surface area contributed by atoms with Gasteiger partial charge in [-0.2, -0.15) is 0 Å². The fraction of sp³-hybridized carbons (Fsp3) is 0.444. The van der Waals surface area contributed by atoms with Crippen LogP contribution in [-0.2, 0) is 4.74 Å². The predicted octanol–water partition coefficient (Wildman–Crippen LogP) is 3.86. The van der Waals surface area contributed by atoms with Gasteiger partial charge in [-0.15, -0.1) is 5.10 Å². The number of rotatable bonds is 9. The number of ether oxygens (including phenoxy) is 1. The predicted molar refractivity (Wildman–Crippen MR) is 146 cm³/mol. The zero-order valence-electron chi connectivity index (χ0n) is 21.7. The number of H-pyrrole nitrogens is 1. The van der Waals surface area contributed by atoms with Gasteiger partial charge in [0.1, 0.15) is 18.1 Å². The highest BCUT2D eigenvalue weighted by molar-refractivity contribution is 6.54. The van der Waals surface area contributed by atoms with Crippen molar-refractivity contribution in [2.24, 2.45) is 4.99 Å². The van der Waals surface area contributed by atoms with Gasteiger partial charge in [-0.1, -0.05) is 6.07 Å². The van der Waals surface area contributed by atoms with Crippen LogP contribution in [0.4, 0.5) is 11.5 Å². The molecule has 0 bridgehead atoms. The summed E-state index contributed by atoms with van der Waals surface area (Å²) in [7, 11) is 4.09. The zero-order valence-corrected chi connectivity index (χ0v) is 21.7. The Bertz CT molecular complexity index is 1320. The lowest BCUT2D eigenvalue weighted by Gasteiger charge is -2.20. The first-order valence-electron chi connectivity index (χ1n) is 12.7. The number of anilines is 1. The molecule has 1 saturated heterocycles. The van der Waals surface area contributed by atoms with Crippen LogP contribution in [0.1, 0.15) is 35.4 Å². The minimum absolute atomic E-state index is 0.397. The van der Waals surface area contributed by atoms with Crippen LogP contribution in [0.3, 0.4) is 0 Å². The summed E-state index contributed by atoms with van der Waals surface area (Å²) in [6.07, 6.45) is 6.35. The average molecular weight is 489 g/mol. The Labute approximate surface area is 212 Å². The number of fused-ring (bicyclic) bond motifs is 2. The van der Waals surface area contributed by atoms with Crippen LogP contribution < -0.4 is 5.32 Å². The van der Waals surface area contributed by atoms with Crippen molar-refractivity contribution < 1.29 is 4.74 Å². The van der Waals surface area contributed by atoms with E-state index in [9.17, 15) is 0 Å². The molecule has 4 heterocycles. The summed E-state index contributed by atoms with van der Waals surface area (Å²) in [5.41, 5.74) is 6.44. The second-order valence-electron chi connectivity index (χ2n) is 9.86. The third-order valence-corrected chi connectivity index (χ3v) is 6.98. The van der Waals surface area contributed by atoms with Gasteiger partial charge in [-0.25, -0.2) is 9.51 Å². The minimum Gasteiger partial charge on any atom is -0.490 e. The number of aryl methyl sites for hydroxylation is 1. The van der Waals surface area contributed by atoms with Crippen molar-refractivity contribution in [1.29, 1.82) is 5.41 Å². The lowest BCUT2D eigenvalue weighted by molar-refractivity contribution is 0.213. The lowest BCUT2D eigenvalue weighted by Crippen LogP contribution is -2.25. The van der Waals surface area contributed by atoms with Crippen LogP contribution in [0.5, 0.6) is 0 Å². The Morgan fingerprint density at radius 3 is 2.81 bits per heavy atom. The number of hydrogen-bond donors (Lipinski definition) is 3. The number of pyridine rings is 1. The highest BCUT2D eigenvalue weighted by atomic mass is 16.5. The van der Waals surface area contributed by atoms with Gasteiger partial charge in [0.25, 0.3) is 0 Å². The average Bonchev–Trinajstić information content (AvgIpc) is 3.56. The largest absolute Gasteiger partial charge is 0.490 e. The number of aliphatic imine (C=N–C) groups is 1. The molecule has 2 aliphatic rings. The standard InChI is InChI=1S/C27H36N8O/c1-18-19(2)30-26-22(36-16-15-34-11-7-8-12-34)17-20(24(28)23(18)26)31-25-21-9-5-6-13-35(21)32-27(25)29-10-14-33(3)4/h5-6,9,13,17,28,30H,7-8,10-12,14-16H2,1-4H3,(H,29,32)/b28-24?,31-20+. The number of nitrogens with zero attached hydrogens (tertiary/aromatic N) is 5. The van der Waals surface area contributed by atoms with E-state index in [4.69, 9.17) is 20.2 Å². The number of likely N-dealkylation sites (tertiary alicyclic amines) is 1. The second kappa shape index (κ2) is 10.3. The van der Waals surface area contributed by atoms with Crippen molar-refractivity contribution >= 4 is 34.2 Å². The van der Waals surface area contributed by atoms with Gasteiger partial charge >= 0.3 is 0 Å². The van der Waals surface area contributed by atoms with Crippen LogP contribution in [0.2, 0.25) is 0 Å². The van der Waals surface area contributed by atoms with Gasteiger partial charge < -0.3 is 19.9 Å². The third-order valence-electron chi connectivity index (χ3n) is 6.98. The Balaban J connectivity index is 1.51. The molecule has 0 atom stereocenters. The Morgan fingerprint density at radius 1 is 1.22 bits per heavy atom. The van der Waals surface area contributed by atoms with Gasteiger partial charge in [0, 0.05) is 43.2 Å². The molecule has 3 N–H and O–H groups in total. The van der Waals surface area contributed by atoms with Crippen LogP contribution in [0.25, 0.3) is 11.3 Å². The molecule has 1 aliphatic carbocycles. The first kappa shape index (κ1) is 24.3. The van der Waals surface area contributed by atoms with E-state index in [0.717, 1.165) is 72.2 Å². The van der Waals surface area contributed by atoms with Gasteiger partial charge in [-0.05, 0) is 71.6 Å². The fourth-order valence-corrected chi connectivity index (χ4v) is 4.84. The molecule has 9 nitrogen and oxygen atoms in total. The molecule has 0 spiro atoms. The SMILES string of the molecule is Cc1[nH]c2c(c1C)C(=N)/C(=N/c1c(NCCN(C)C)nn3ccccc13)C=C2OCCN1CCCC1. The number of hydrogen-bond acceptors (Lipinski definition) is 7. The maximum Gasteiger partial charge on any atom is 0.175 e. The van der Waals surface area contributed by atoms with E-state index in [-0.39, 0.29) is 0 Å². The molecule has 0 amide bonds. The van der Waals surface area contributed by atoms with Crippen molar-refractivity contribution in [1.82, 2.24) is 24.4 Å². The summed E-state index contributed by atoms with van der Waals surface area (Å²) >= 11 is 0. The Hall–Kier alpha value is -3.43. The molecule has 0 unspecified atom stereocenters. The number of aromatic amines is 1. The Kier molecular flexibility index (Phi) is 6.93. The molecule has 0 aromatic carbocycles. The van der Waals surface area contributed by atoms with E-state index >= 15 is 0 Å². The molecule has 1 fully saturated rings. The Morgan fingerprint density at radius 2 is 2.03 bits per heavy atom. The smallest absolute Gasteiger partial charge is 0.175 e. The first-order chi connectivity index (χ1) is 17.4. The van der Waals surface area contributed by atoms with E-state index in [2.05, 4.69) is 20.1 Å². The maximum absolute atomic E-state index is 9.05. The maximum atomic E-state index is 9.05. The molecule has 1 aliphatic heterocycles. The van der Waals surface area contributed by atoms with E-state index < -0.39 is 0 Å². The zero-order chi connectivity index (χ0) is 25.2. The topological polar surface area (TPSA) is 97.0 Å². The molecule has 36 heavy (non-hydrogen) atoms. The number of aromatic nitrogens is 3. The van der Waals surface area contributed by atoms with Crippen molar-refractivity contribution in [3.8, 4) is 0 Å². The molecule has 190 valence electrons. The molecule has 5 rings (SSSR count). The summed E-state index contributed by atoms with van der Waals surface area (Å²) in [5.74, 6) is 1.45. The molecule has 3 aromatic rings. The number of allylic oxidation sites excluding steroid dienone is 1.